The molecule has 3 aromatic carbocycles. The Labute approximate surface area is 208 Å². The summed E-state index contributed by atoms with van der Waals surface area (Å²) in [7, 11) is 4.02. The van der Waals surface area contributed by atoms with E-state index in [4.69, 9.17) is 11.6 Å². The lowest BCUT2D eigenvalue weighted by atomic mass is 9.97. The standard InChI is InChI=1S/C24H20ClIN3O2S/c1-27(2)19-8-3-16(4-9-19)21(17-5-10-20(11-6-17)29(30)31)14-24-28(15-26)22-12-7-18(25)13-23(22)32-24/h3-14H,15H2,1-2H3/q+1. The molecule has 0 saturated carbocycles. The number of anilines is 1. The van der Waals surface area contributed by atoms with E-state index in [1.165, 1.54) is 0 Å². The van der Waals surface area contributed by atoms with Gasteiger partial charge in [-0.3, -0.25) is 10.1 Å². The number of nitro groups is 1. The van der Waals surface area contributed by atoms with Gasteiger partial charge in [0, 0.05) is 49.1 Å². The Balaban J connectivity index is 1.90. The van der Waals surface area contributed by atoms with Crippen molar-refractivity contribution in [3.05, 3.63) is 98.0 Å². The SMILES string of the molecule is CN(C)c1ccc(/C(=C\c2sc3cc(Cl)ccc3[n+]2CI)c2ccc([N+](=O)[O-])cc2)cc1. The van der Waals surface area contributed by atoms with Gasteiger partial charge in [0.1, 0.15) is 4.70 Å². The van der Waals surface area contributed by atoms with Crippen molar-refractivity contribution in [1.82, 2.24) is 0 Å². The fourth-order valence-electron chi connectivity index (χ4n) is 3.47. The lowest BCUT2D eigenvalue weighted by molar-refractivity contribution is -0.641. The Bertz CT molecular complexity index is 1320. The van der Waals surface area contributed by atoms with Crippen LogP contribution in [0.2, 0.25) is 5.02 Å². The van der Waals surface area contributed by atoms with Gasteiger partial charge in [0.2, 0.25) is 5.52 Å². The first kappa shape index (κ1) is 22.7. The van der Waals surface area contributed by atoms with E-state index in [9.17, 15) is 10.1 Å². The smallest absolute Gasteiger partial charge is 0.269 e. The Hall–Kier alpha value is -2.49. The number of hydrogen-bond donors (Lipinski definition) is 0. The minimum atomic E-state index is -0.376. The van der Waals surface area contributed by atoms with Crippen molar-refractivity contribution in [2.75, 3.05) is 19.0 Å². The van der Waals surface area contributed by atoms with Crippen LogP contribution in [0.3, 0.4) is 0 Å². The number of thiazole rings is 1. The molecule has 5 nitrogen and oxygen atoms in total. The maximum absolute atomic E-state index is 11.1. The zero-order chi connectivity index (χ0) is 22.8. The van der Waals surface area contributed by atoms with Crippen molar-refractivity contribution in [3.8, 4) is 0 Å². The minimum Gasteiger partial charge on any atom is -0.378 e. The highest BCUT2D eigenvalue weighted by molar-refractivity contribution is 14.1. The van der Waals surface area contributed by atoms with Gasteiger partial charge in [-0.1, -0.05) is 35.1 Å². The molecular weight excluding hydrogens is 557 g/mol. The Morgan fingerprint density at radius 1 is 1.09 bits per heavy atom. The Kier molecular flexibility index (Phi) is 6.78. The molecule has 0 N–H and O–H groups in total. The fraction of sp³-hybridized carbons (Fsp3) is 0.125. The number of nitrogens with zero attached hydrogens (tertiary/aromatic N) is 3. The number of halogens is 2. The number of aromatic nitrogens is 1. The van der Waals surface area contributed by atoms with Crippen LogP contribution < -0.4 is 9.47 Å². The summed E-state index contributed by atoms with van der Waals surface area (Å²) < 4.78 is 4.15. The first-order valence-corrected chi connectivity index (χ1v) is 12.5. The van der Waals surface area contributed by atoms with E-state index in [-0.39, 0.29) is 10.6 Å². The third kappa shape index (κ3) is 4.65. The van der Waals surface area contributed by atoms with E-state index >= 15 is 0 Å². The van der Waals surface area contributed by atoms with E-state index in [1.807, 2.05) is 44.4 Å². The summed E-state index contributed by atoms with van der Waals surface area (Å²) in [5, 5.41) is 12.9. The quantitative estimate of drug-likeness (QED) is 0.0834. The van der Waals surface area contributed by atoms with Gasteiger partial charge in [-0.05, 0) is 75.7 Å². The van der Waals surface area contributed by atoms with E-state index < -0.39 is 0 Å². The van der Waals surface area contributed by atoms with E-state index in [0.29, 0.717) is 5.02 Å². The summed E-state index contributed by atoms with van der Waals surface area (Å²) in [4.78, 5) is 12.8. The third-order valence-electron chi connectivity index (χ3n) is 5.16. The highest BCUT2D eigenvalue weighted by Crippen LogP contribution is 2.32. The predicted octanol–water partition coefficient (Wildman–Crippen LogP) is 6.80. The van der Waals surface area contributed by atoms with Crippen molar-refractivity contribution in [3.63, 3.8) is 0 Å². The van der Waals surface area contributed by atoms with Gasteiger partial charge in [-0.2, -0.15) is 4.57 Å². The monoisotopic (exact) mass is 576 g/mol. The molecule has 0 saturated heterocycles. The molecule has 0 aliphatic heterocycles. The molecule has 4 rings (SSSR count). The molecule has 162 valence electrons. The average molecular weight is 577 g/mol. The van der Waals surface area contributed by atoms with E-state index in [2.05, 4.69) is 62.4 Å². The summed E-state index contributed by atoms with van der Waals surface area (Å²) in [6.45, 7) is 0. The zero-order valence-electron chi connectivity index (χ0n) is 17.5. The van der Waals surface area contributed by atoms with Crippen molar-refractivity contribution >= 4 is 78.8 Å². The van der Waals surface area contributed by atoms with Crippen molar-refractivity contribution in [2.24, 2.45) is 0 Å². The molecule has 8 heteroatoms. The van der Waals surface area contributed by atoms with E-state index in [1.54, 1.807) is 23.5 Å². The molecule has 0 amide bonds. The van der Waals surface area contributed by atoms with Crippen LogP contribution in [-0.2, 0) is 4.55 Å². The third-order valence-corrected chi connectivity index (χ3v) is 7.18. The second-order valence-electron chi connectivity index (χ2n) is 7.40. The van der Waals surface area contributed by atoms with E-state index in [0.717, 1.165) is 42.2 Å². The lowest BCUT2D eigenvalue weighted by Gasteiger charge is -2.14. The number of alkyl halides is 1. The van der Waals surface area contributed by atoms with Crippen LogP contribution >= 0.6 is 45.5 Å². The molecule has 0 aliphatic rings. The molecule has 0 radical (unpaired) electrons. The van der Waals surface area contributed by atoms with Crippen LogP contribution in [0.1, 0.15) is 16.1 Å². The van der Waals surface area contributed by atoms with Gasteiger partial charge in [0.25, 0.3) is 10.7 Å². The van der Waals surface area contributed by atoms with Gasteiger partial charge in [-0.15, -0.1) is 0 Å². The van der Waals surface area contributed by atoms with Crippen LogP contribution in [0.25, 0.3) is 21.9 Å². The molecular formula is C24H20ClIN3O2S+. The largest absolute Gasteiger partial charge is 0.378 e. The Morgan fingerprint density at radius 3 is 2.28 bits per heavy atom. The molecule has 32 heavy (non-hydrogen) atoms. The van der Waals surface area contributed by atoms with Gasteiger partial charge >= 0.3 is 0 Å². The maximum Gasteiger partial charge on any atom is 0.269 e. The topological polar surface area (TPSA) is 50.3 Å². The summed E-state index contributed by atoms with van der Waals surface area (Å²) >= 11 is 10.3. The lowest BCUT2D eigenvalue weighted by Crippen LogP contribution is -2.32. The normalized spacial score (nSPS) is 11.7. The number of nitro benzene ring substituents is 1. The second kappa shape index (κ2) is 9.56. The van der Waals surface area contributed by atoms with Crippen molar-refractivity contribution < 1.29 is 9.49 Å². The second-order valence-corrected chi connectivity index (χ2v) is 9.58. The number of fused-ring (bicyclic) bond motifs is 1. The zero-order valence-corrected chi connectivity index (χ0v) is 21.2. The van der Waals surface area contributed by atoms with Crippen LogP contribution in [0.4, 0.5) is 11.4 Å². The first-order valence-electron chi connectivity index (χ1n) is 9.79. The molecule has 0 fully saturated rings. The minimum absolute atomic E-state index is 0.0786. The number of non-ortho nitro benzene ring substituents is 1. The van der Waals surface area contributed by atoms with Crippen LogP contribution in [0, 0.1) is 10.1 Å². The van der Waals surface area contributed by atoms with Crippen LogP contribution in [0.5, 0.6) is 0 Å². The summed E-state index contributed by atoms with van der Waals surface area (Å²) in [5.41, 5.74) is 5.28. The van der Waals surface area contributed by atoms with Gasteiger partial charge in [0.15, 0.2) is 4.55 Å². The molecule has 0 spiro atoms. The molecule has 0 aliphatic carbocycles. The summed E-state index contributed by atoms with van der Waals surface area (Å²) in [6.07, 6.45) is 2.16. The maximum atomic E-state index is 11.1. The molecule has 1 aromatic heterocycles. The number of hydrogen-bond acceptors (Lipinski definition) is 4. The van der Waals surface area contributed by atoms with Gasteiger partial charge in [0.05, 0.1) is 4.92 Å². The summed E-state index contributed by atoms with van der Waals surface area (Å²) in [5.74, 6) is 0. The van der Waals surface area contributed by atoms with Gasteiger partial charge < -0.3 is 4.90 Å². The van der Waals surface area contributed by atoms with Gasteiger partial charge in [-0.25, -0.2) is 0 Å². The number of benzene rings is 3. The molecule has 1 heterocycles. The van der Waals surface area contributed by atoms with Crippen LogP contribution in [0.15, 0.2) is 66.7 Å². The highest BCUT2D eigenvalue weighted by atomic mass is 127. The average Bonchev–Trinajstić information content (AvgIpc) is 3.13. The molecule has 0 atom stereocenters. The number of rotatable bonds is 6. The highest BCUT2D eigenvalue weighted by Gasteiger charge is 2.20. The fourth-order valence-corrected chi connectivity index (χ4v) is 5.82. The molecule has 0 unspecified atom stereocenters. The van der Waals surface area contributed by atoms with Crippen molar-refractivity contribution in [2.45, 2.75) is 4.55 Å². The first-order chi connectivity index (χ1) is 15.4. The van der Waals surface area contributed by atoms with Crippen molar-refractivity contribution in [1.29, 1.82) is 0 Å². The molecule has 4 aromatic rings. The Morgan fingerprint density at radius 2 is 1.72 bits per heavy atom. The molecule has 0 bridgehead atoms. The van der Waals surface area contributed by atoms with Crippen LogP contribution in [-0.4, -0.2) is 19.0 Å². The summed E-state index contributed by atoms with van der Waals surface area (Å²) in [6, 6.07) is 21.0. The predicted molar refractivity (Wildman–Crippen MR) is 142 cm³/mol.